The molecule has 2 aliphatic rings. The number of β-amino-alcohol motifs (C(OH)–C–C–N with tert-alkyl or cyclic N) is 1. The first-order valence-electron chi connectivity index (χ1n) is 18.1. The van der Waals surface area contributed by atoms with Crippen LogP contribution in [0.15, 0.2) is 79.1 Å². The van der Waals surface area contributed by atoms with Crippen LogP contribution >= 0.6 is 0 Å². The van der Waals surface area contributed by atoms with Gasteiger partial charge in [0.15, 0.2) is 0 Å². The number of H-pyrrole nitrogens is 1. The Labute approximate surface area is 315 Å². The summed E-state index contributed by atoms with van der Waals surface area (Å²) < 4.78 is 59.2. The van der Waals surface area contributed by atoms with Crippen LogP contribution < -0.4 is 15.4 Å². The quantitative estimate of drug-likeness (QED) is 0.128. The molecule has 0 saturated carbocycles. The maximum atomic E-state index is 14.0. The number of carbonyl (C=O) groups excluding carboxylic acids is 2. The van der Waals surface area contributed by atoms with Crippen molar-refractivity contribution in [1.29, 1.82) is 0 Å². The minimum Gasteiger partial charge on any atom is -0.490 e. The van der Waals surface area contributed by atoms with Gasteiger partial charge in [0.1, 0.15) is 36.9 Å². The van der Waals surface area contributed by atoms with E-state index in [0.29, 0.717) is 34.8 Å². The number of aromatic nitrogens is 3. The summed E-state index contributed by atoms with van der Waals surface area (Å²) in [6.45, 7) is 2.67. The van der Waals surface area contributed by atoms with E-state index >= 15 is 0 Å². The van der Waals surface area contributed by atoms with Gasteiger partial charge in [-0.2, -0.15) is 18.3 Å². The predicted molar refractivity (Wildman–Crippen MR) is 194 cm³/mol. The van der Waals surface area contributed by atoms with Gasteiger partial charge in [-0.05, 0) is 50.5 Å². The molecule has 1 saturated heterocycles. The van der Waals surface area contributed by atoms with Gasteiger partial charge < -0.3 is 25.6 Å². The van der Waals surface area contributed by atoms with E-state index in [0.717, 1.165) is 11.8 Å². The van der Waals surface area contributed by atoms with Gasteiger partial charge in [0.25, 0.3) is 0 Å². The van der Waals surface area contributed by atoms with Crippen molar-refractivity contribution in [3.05, 3.63) is 102 Å². The first kappa shape index (κ1) is 39.8. The second-order valence-corrected chi connectivity index (χ2v) is 14.6. The number of para-hydroxylation sites is 1. The number of fused-ring (bicyclic) bond motifs is 1. The molecule has 0 radical (unpaired) electrons. The number of aliphatic hydroxyl groups excluding tert-OH is 2. The van der Waals surface area contributed by atoms with Gasteiger partial charge >= 0.3 is 6.18 Å². The van der Waals surface area contributed by atoms with Crippen molar-refractivity contribution in [2.24, 2.45) is 5.92 Å². The molecule has 12 nitrogen and oxygen atoms in total. The van der Waals surface area contributed by atoms with Gasteiger partial charge in [-0.25, -0.2) is 4.39 Å². The third-order valence-corrected chi connectivity index (χ3v) is 10.3. The number of amides is 2. The number of carbonyl (C=O) groups is 2. The van der Waals surface area contributed by atoms with E-state index in [1.165, 1.54) is 12.3 Å². The molecule has 0 spiro atoms. The molecule has 0 aliphatic carbocycles. The number of hydrogen-bond donors (Lipinski definition) is 5. The topological polar surface area (TPSA) is 156 Å². The van der Waals surface area contributed by atoms with Crippen molar-refractivity contribution in [2.75, 3.05) is 39.3 Å². The number of aromatic amines is 1. The van der Waals surface area contributed by atoms with Crippen LogP contribution in [0.2, 0.25) is 0 Å². The first-order chi connectivity index (χ1) is 26.2. The van der Waals surface area contributed by atoms with Crippen LogP contribution in [0.3, 0.4) is 0 Å². The Bertz CT molecular complexity index is 1930. The molecule has 5 atom stereocenters. The second kappa shape index (κ2) is 16.9. The highest BCUT2D eigenvalue weighted by Gasteiger charge is 2.42. The summed E-state index contributed by atoms with van der Waals surface area (Å²) in [7, 11) is 0. The molecular formula is C39H45F4N7O5. The van der Waals surface area contributed by atoms with E-state index < -0.39 is 66.1 Å². The fraction of sp³-hybridized carbons (Fsp3) is 0.436. The van der Waals surface area contributed by atoms with Gasteiger partial charge in [0.2, 0.25) is 11.8 Å². The average molecular weight is 768 g/mol. The molecule has 2 amide bonds. The standard InChI is InChI=1S/C39H45F4N7O5/c1-38(2,34-17-30(47-48-34)26-15-27(40)19-44-18-26)50-13-12-49(31(21-50)37(54)45-23-39(41,42)43)20-28(51)16-25(14-24-8-4-3-5-9-24)36(53)46-35-29-10-6-7-11-33(29)55-22-32(35)52/h3-11,15,17-19,25,28,31-32,35,51-52H,12-14,16,20-23H2,1-2H3,(H,45,54)(H,46,53)(H,47,48)/t25-,28+,31+,32-,35+/m1/s1. The van der Waals surface area contributed by atoms with Crippen molar-refractivity contribution in [3.8, 4) is 17.0 Å². The molecular weight excluding hydrogens is 722 g/mol. The molecule has 16 heteroatoms. The summed E-state index contributed by atoms with van der Waals surface area (Å²) >= 11 is 0. The van der Waals surface area contributed by atoms with E-state index in [-0.39, 0.29) is 39.1 Å². The van der Waals surface area contributed by atoms with Crippen molar-refractivity contribution in [2.45, 2.75) is 62.7 Å². The van der Waals surface area contributed by atoms with Crippen LogP contribution in [0, 0.1) is 11.7 Å². The minimum absolute atomic E-state index is 0.00209. The monoisotopic (exact) mass is 767 g/mol. The number of nitrogens with zero attached hydrogens (tertiary/aromatic N) is 4. The Hall–Kier alpha value is -4.90. The molecule has 294 valence electrons. The number of ether oxygens (including phenoxy) is 1. The summed E-state index contributed by atoms with van der Waals surface area (Å²) in [5, 5.41) is 34.6. The molecule has 2 aliphatic heterocycles. The number of benzene rings is 2. The van der Waals surface area contributed by atoms with E-state index in [9.17, 15) is 37.4 Å². The smallest absolute Gasteiger partial charge is 0.405 e. The summed E-state index contributed by atoms with van der Waals surface area (Å²) in [5.41, 5.74) is 2.19. The summed E-state index contributed by atoms with van der Waals surface area (Å²) in [6, 6.07) is 17.6. The third kappa shape index (κ3) is 9.86. The number of nitrogens with one attached hydrogen (secondary N) is 3. The summed E-state index contributed by atoms with van der Waals surface area (Å²) in [6.07, 6.45) is -4.00. The zero-order valence-corrected chi connectivity index (χ0v) is 30.5. The highest BCUT2D eigenvalue weighted by atomic mass is 19.4. The fourth-order valence-corrected chi connectivity index (χ4v) is 7.25. The Morgan fingerprint density at radius 3 is 2.55 bits per heavy atom. The average Bonchev–Trinajstić information content (AvgIpc) is 3.67. The number of pyridine rings is 1. The van der Waals surface area contributed by atoms with Crippen LogP contribution in [-0.2, 0) is 21.5 Å². The Balaban J connectivity index is 1.19. The molecule has 5 N–H and O–H groups in total. The maximum absolute atomic E-state index is 14.0. The third-order valence-electron chi connectivity index (χ3n) is 10.3. The van der Waals surface area contributed by atoms with Crippen LogP contribution in [0.25, 0.3) is 11.3 Å². The highest BCUT2D eigenvalue weighted by Crippen LogP contribution is 2.34. The number of hydrogen-bond acceptors (Lipinski definition) is 9. The number of aliphatic hydroxyl groups is 2. The molecule has 4 heterocycles. The second-order valence-electron chi connectivity index (χ2n) is 14.6. The lowest BCUT2D eigenvalue weighted by molar-refractivity contribution is -0.144. The Morgan fingerprint density at radius 1 is 1.05 bits per heavy atom. The Kier molecular flexibility index (Phi) is 12.2. The molecule has 2 aromatic carbocycles. The van der Waals surface area contributed by atoms with Crippen LogP contribution in [0.5, 0.6) is 5.75 Å². The lowest BCUT2D eigenvalue weighted by Gasteiger charge is -2.47. The minimum atomic E-state index is -4.64. The summed E-state index contributed by atoms with van der Waals surface area (Å²) in [4.78, 5) is 34.9. The van der Waals surface area contributed by atoms with Crippen LogP contribution in [0.1, 0.15) is 43.1 Å². The normalized spacial score (nSPS) is 20.5. The van der Waals surface area contributed by atoms with Gasteiger partial charge in [-0.1, -0.05) is 48.5 Å². The highest BCUT2D eigenvalue weighted by molar-refractivity contribution is 5.82. The van der Waals surface area contributed by atoms with Gasteiger partial charge in [0.05, 0.1) is 35.3 Å². The largest absolute Gasteiger partial charge is 0.490 e. The molecule has 0 bridgehead atoms. The number of piperazine rings is 1. The SMILES string of the molecule is CC(C)(c1cc(-c2cncc(F)c2)[nH]n1)N1CCN(C[C@@H](O)C[C@@H](Cc2ccccc2)C(=O)N[C@H]2c3ccccc3OC[C@H]2O)[C@H](C(=O)NCC(F)(F)F)C1. The van der Waals surface area contributed by atoms with Crippen LogP contribution in [0.4, 0.5) is 17.6 Å². The molecule has 6 rings (SSSR count). The van der Waals surface area contributed by atoms with E-state index in [2.05, 4.69) is 20.5 Å². The Morgan fingerprint density at radius 2 is 1.80 bits per heavy atom. The van der Waals surface area contributed by atoms with E-state index in [4.69, 9.17) is 4.74 Å². The molecule has 4 aromatic rings. The van der Waals surface area contributed by atoms with E-state index in [1.807, 2.05) is 54.4 Å². The first-order valence-corrected chi connectivity index (χ1v) is 18.1. The van der Waals surface area contributed by atoms with Gasteiger partial charge in [-0.3, -0.25) is 29.5 Å². The number of rotatable bonds is 13. The van der Waals surface area contributed by atoms with E-state index in [1.54, 1.807) is 35.2 Å². The lowest BCUT2D eigenvalue weighted by atomic mass is 9.90. The van der Waals surface area contributed by atoms with Crippen molar-refractivity contribution >= 4 is 11.8 Å². The van der Waals surface area contributed by atoms with Gasteiger partial charge in [-0.15, -0.1) is 0 Å². The summed E-state index contributed by atoms with van der Waals surface area (Å²) in [5.74, 6) is -1.99. The fourth-order valence-electron chi connectivity index (χ4n) is 7.25. The van der Waals surface area contributed by atoms with Crippen LogP contribution in [-0.4, -0.2) is 111 Å². The maximum Gasteiger partial charge on any atom is 0.405 e. The van der Waals surface area contributed by atoms with Gasteiger partial charge in [0, 0.05) is 49.4 Å². The van der Waals surface area contributed by atoms with Crippen molar-refractivity contribution in [3.63, 3.8) is 0 Å². The predicted octanol–water partition coefficient (Wildman–Crippen LogP) is 3.73. The van der Waals surface area contributed by atoms with Crippen molar-refractivity contribution in [1.82, 2.24) is 35.6 Å². The number of alkyl halides is 3. The molecule has 0 unspecified atom stereocenters. The molecule has 2 aromatic heterocycles. The molecule has 55 heavy (non-hydrogen) atoms. The number of halogens is 4. The van der Waals surface area contributed by atoms with Crippen molar-refractivity contribution < 1.29 is 42.1 Å². The molecule has 1 fully saturated rings. The zero-order chi connectivity index (χ0) is 39.3. The lowest BCUT2D eigenvalue weighted by Crippen LogP contribution is -2.63. The zero-order valence-electron chi connectivity index (χ0n) is 30.5.